The molecular formula is C24H21Cl2N3O3S. The fraction of sp³-hybridized carbons (Fsp3) is 0.167. The quantitative estimate of drug-likeness (QED) is 0.278. The van der Waals surface area contributed by atoms with Crippen LogP contribution in [-0.2, 0) is 6.54 Å². The van der Waals surface area contributed by atoms with Crippen molar-refractivity contribution in [2.45, 2.75) is 19.8 Å². The Morgan fingerprint density at radius 3 is 2.55 bits per heavy atom. The molecule has 0 bridgehead atoms. The van der Waals surface area contributed by atoms with Crippen LogP contribution in [0.1, 0.15) is 24.3 Å². The number of rotatable bonds is 8. The second kappa shape index (κ2) is 10.5. The molecule has 0 aliphatic rings. The summed E-state index contributed by atoms with van der Waals surface area (Å²) >= 11 is 13.8. The number of hydrogen-bond acceptors (Lipinski definition) is 7. The standard InChI is InChI=1S/C24H21Cl2N3O3S/c1-2-32-19-8-4-6-16(12-19)22-27-28-24(33-22)29(18-9-10-20(25)21(26)13-18)14-15-5-3-7-17(11-15)23(30)31/h3-13,23,30-31H,2,14H2,1H3. The van der Waals surface area contributed by atoms with Gasteiger partial charge in [-0.1, -0.05) is 64.9 Å². The van der Waals surface area contributed by atoms with Crippen LogP contribution in [0.4, 0.5) is 10.8 Å². The Hall–Kier alpha value is -2.68. The maximum absolute atomic E-state index is 9.55. The minimum absolute atomic E-state index is 0.409. The zero-order chi connectivity index (χ0) is 23.4. The van der Waals surface area contributed by atoms with Crippen LogP contribution in [0, 0.1) is 0 Å². The number of nitrogens with zero attached hydrogens (tertiary/aromatic N) is 3. The Morgan fingerprint density at radius 1 is 0.970 bits per heavy atom. The van der Waals surface area contributed by atoms with Gasteiger partial charge in [0.1, 0.15) is 10.8 Å². The molecule has 3 aromatic carbocycles. The topological polar surface area (TPSA) is 78.7 Å². The van der Waals surface area contributed by atoms with E-state index < -0.39 is 6.29 Å². The summed E-state index contributed by atoms with van der Waals surface area (Å²) in [5.41, 5.74) is 2.96. The maximum Gasteiger partial charge on any atom is 0.213 e. The van der Waals surface area contributed by atoms with Crippen LogP contribution < -0.4 is 9.64 Å². The molecule has 0 unspecified atom stereocenters. The molecule has 4 aromatic rings. The van der Waals surface area contributed by atoms with Crippen LogP contribution >= 0.6 is 34.5 Å². The zero-order valence-corrected chi connectivity index (χ0v) is 20.0. The molecule has 1 heterocycles. The second-order valence-corrected chi connectivity index (χ2v) is 8.92. The maximum atomic E-state index is 9.55. The van der Waals surface area contributed by atoms with Crippen molar-refractivity contribution in [1.82, 2.24) is 10.2 Å². The average Bonchev–Trinajstić information content (AvgIpc) is 3.30. The van der Waals surface area contributed by atoms with Crippen molar-refractivity contribution in [3.8, 4) is 16.3 Å². The third-order valence-electron chi connectivity index (χ3n) is 4.84. The summed E-state index contributed by atoms with van der Waals surface area (Å²) in [6.07, 6.45) is -1.55. The highest BCUT2D eigenvalue weighted by Crippen LogP contribution is 2.37. The Labute approximate surface area is 205 Å². The number of aliphatic hydroxyl groups is 2. The van der Waals surface area contributed by atoms with Gasteiger partial charge in [0, 0.05) is 16.8 Å². The van der Waals surface area contributed by atoms with Crippen molar-refractivity contribution in [2.24, 2.45) is 0 Å². The van der Waals surface area contributed by atoms with Crippen molar-refractivity contribution in [1.29, 1.82) is 0 Å². The fourth-order valence-corrected chi connectivity index (χ4v) is 4.44. The van der Waals surface area contributed by atoms with Crippen LogP contribution in [0.2, 0.25) is 10.0 Å². The molecular weight excluding hydrogens is 481 g/mol. The molecule has 0 spiro atoms. The SMILES string of the molecule is CCOc1cccc(-c2nnc(N(Cc3cccc(C(O)O)c3)c3ccc(Cl)c(Cl)c3)s2)c1. The summed E-state index contributed by atoms with van der Waals surface area (Å²) in [5, 5.41) is 30.2. The average molecular weight is 502 g/mol. The van der Waals surface area contributed by atoms with E-state index in [1.807, 2.05) is 48.2 Å². The van der Waals surface area contributed by atoms with Crippen molar-refractivity contribution < 1.29 is 14.9 Å². The van der Waals surface area contributed by atoms with E-state index >= 15 is 0 Å². The number of aliphatic hydroxyl groups excluding tert-OH is 1. The van der Waals surface area contributed by atoms with Crippen molar-refractivity contribution in [3.05, 3.63) is 87.9 Å². The molecule has 0 saturated carbocycles. The molecule has 0 amide bonds. The highest BCUT2D eigenvalue weighted by atomic mass is 35.5. The van der Waals surface area contributed by atoms with Gasteiger partial charge < -0.3 is 19.8 Å². The van der Waals surface area contributed by atoms with Crippen LogP contribution in [-0.4, -0.2) is 27.0 Å². The molecule has 6 nitrogen and oxygen atoms in total. The molecule has 33 heavy (non-hydrogen) atoms. The summed E-state index contributed by atoms with van der Waals surface area (Å²) in [7, 11) is 0. The van der Waals surface area contributed by atoms with Gasteiger partial charge in [-0.05, 0) is 48.9 Å². The van der Waals surface area contributed by atoms with Crippen LogP contribution in [0.15, 0.2) is 66.7 Å². The zero-order valence-electron chi connectivity index (χ0n) is 17.7. The van der Waals surface area contributed by atoms with Gasteiger partial charge in [-0.15, -0.1) is 10.2 Å². The molecule has 4 rings (SSSR count). The molecule has 9 heteroatoms. The van der Waals surface area contributed by atoms with Gasteiger partial charge in [-0.3, -0.25) is 0 Å². The highest BCUT2D eigenvalue weighted by molar-refractivity contribution is 7.18. The molecule has 2 N–H and O–H groups in total. The number of hydrogen-bond donors (Lipinski definition) is 2. The van der Waals surface area contributed by atoms with Gasteiger partial charge in [-0.25, -0.2) is 0 Å². The predicted molar refractivity (Wildman–Crippen MR) is 132 cm³/mol. The number of halogens is 2. The third-order valence-corrected chi connectivity index (χ3v) is 6.58. The van der Waals surface area contributed by atoms with Gasteiger partial charge in [0.2, 0.25) is 5.13 Å². The molecule has 0 radical (unpaired) electrons. The molecule has 0 saturated heterocycles. The lowest BCUT2D eigenvalue weighted by Gasteiger charge is -2.22. The number of ether oxygens (including phenoxy) is 1. The predicted octanol–water partition coefficient (Wildman–Crippen LogP) is 6.23. The lowest BCUT2D eigenvalue weighted by molar-refractivity contribution is -0.0425. The minimum atomic E-state index is -1.55. The van der Waals surface area contributed by atoms with E-state index in [1.165, 1.54) is 11.3 Å². The number of aromatic nitrogens is 2. The summed E-state index contributed by atoms with van der Waals surface area (Å²) in [5.74, 6) is 0.771. The molecule has 0 fully saturated rings. The van der Waals surface area contributed by atoms with Gasteiger partial charge in [0.05, 0.1) is 23.2 Å². The van der Waals surface area contributed by atoms with E-state index in [-0.39, 0.29) is 0 Å². The van der Waals surface area contributed by atoms with Gasteiger partial charge in [0.25, 0.3) is 0 Å². The first-order chi connectivity index (χ1) is 15.9. The Morgan fingerprint density at radius 2 is 1.79 bits per heavy atom. The highest BCUT2D eigenvalue weighted by Gasteiger charge is 2.18. The van der Waals surface area contributed by atoms with E-state index in [4.69, 9.17) is 27.9 Å². The van der Waals surface area contributed by atoms with Crippen molar-refractivity contribution in [3.63, 3.8) is 0 Å². The van der Waals surface area contributed by atoms with Crippen molar-refractivity contribution in [2.75, 3.05) is 11.5 Å². The summed E-state index contributed by atoms with van der Waals surface area (Å²) in [6, 6.07) is 20.2. The van der Waals surface area contributed by atoms with Gasteiger partial charge in [-0.2, -0.15) is 0 Å². The van der Waals surface area contributed by atoms with E-state index in [0.29, 0.717) is 33.9 Å². The van der Waals surface area contributed by atoms with E-state index in [0.717, 1.165) is 27.6 Å². The lowest BCUT2D eigenvalue weighted by atomic mass is 10.1. The second-order valence-electron chi connectivity index (χ2n) is 7.15. The van der Waals surface area contributed by atoms with Crippen molar-refractivity contribution >= 4 is 45.4 Å². The summed E-state index contributed by atoms with van der Waals surface area (Å²) in [6.45, 7) is 2.93. The molecule has 1 aromatic heterocycles. The summed E-state index contributed by atoms with van der Waals surface area (Å²) < 4.78 is 5.60. The fourth-order valence-electron chi connectivity index (χ4n) is 3.28. The monoisotopic (exact) mass is 501 g/mol. The summed E-state index contributed by atoms with van der Waals surface area (Å²) in [4.78, 5) is 1.96. The molecule has 0 aliphatic carbocycles. The first-order valence-corrected chi connectivity index (χ1v) is 11.8. The molecule has 0 atom stereocenters. The van der Waals surface area contributed by atoms with Gasteiger partial charge >= 0.3 is 0 Å². The largest absolute Gasteiger partial charge is 0.494 e. The molecule has 170 valence electrons. The van der Waals surface area contributed by atoms with Gasteiger partial charge in [0.15, 0.2) is 6.29 Å². The number of anilines is 2. The Bertz CT molecular complexity index is 1250. The Balaban J connectivity index is 1.72. The van der Waals surface area contributed by atoms with Crippen LogP contribution in [0.5, 0.6) is 5.75 Å². The first-order valence-electron chi connectivity index (χ1n) is 10.2. The first kappa shape index (κ1) is 23.5. The van der Waals surface area contributed by atoms with E-state index in [2.05, 4.69) is 10.2 Å². The smallest absolute Gasteiger partial charge is 0.213 e. The van der Waals surface area contributed by atoms with E-state index in [9.17, 15) is 10.2 Å². The van der Waals surface area contributed by atoms with Crippen LogP contribution in [0.3, 0.4) is 0 Å². The lowest BCUT2D eigenvalue weighted by Crippen LogP contribution is -2.16. The minimum Gasteiger partial charge on any atom is -0.494 e. The normalized spacial score (nSPS) is 11.1. The number of benzene rings is 3. The Kier molecular flexibility index (Phi) is 7.47. The van der Waals surface area contributed by atoms with E-state index in [1.54, 1.807) is 30.3 Å². The molecule has 0 aliphatic heterocycles. The van der Waals surface area contributed by atoms with Crippen LogP contribution in [0.25, 0.3) is 10.6 Å². The third kappa shape index (κ3) is 5.63.